The number of imide groups is 1. The molecule has 0 atom stereocenters. The summed E-state index contributed by atoms with van der Waals surface area (Å²) < 4.78 is 12.9. The lowest BCUT2D eigenvalue weighted by Crippen LogP contribution is -2.30. The van der Waals surface area contributed by atoms with Gasteiger partial charge in [-0.15, -0.1) is 0 Å². The maximum Gasteiger partial charge on any atom is 0.273 e. The van der Waals surface area contributed by atoms with Gasteiger partial charge in [0.1, 0.15) is 10.8 Å². The molecule has 0 spiro atoms. The monoisotopic (exact) mass is 349 g/mol. The molecule has 0 bridgehead atoms. The van der Waals surface area contributed by atoms with Crippen LogP contribution >= 0.6 is 23.2 Å². The molecule has 0 saturated heterocycles. The molecule has 0 fully saturated rings. The van der Waals surface area contributed by atoms with E-state index in [2.05, 4.69) is 0 Å². The van der Waals surface area contributed by atoms with Gasteiger partial charge in [-0.1, -0.05) is 47.5 Å². The summed E-state index contributed by atoms with van der Waals surface area (Å²) >= 11 is 11.9. The van der Waals surface area contributed by atoms with Crippen molar-refractivity contribution >= 4 is 40.6 Å². The fourth-order valence-electron chi connectivity index (χ4n) is 2.33. The van der Waals surface area contributed by atoms with Crippen LogP contribution in [0.5, 0.6) is 0 Å². The van der Waals surface area contributed by atoms with Gasteiger partial charge in [0, 0.05) is 5.02 Å². The molecular weight excluding hydrogens is 340 g/mol. The Kier molecular flexibility index (Phi) is 4.20. The van der Waals surface area contributed by atoms with Gasteiger partial charge in [0.25, 0.3) is 11.8 Å². The van der Waals surface area contributed by atoms with E-state index >= 15 is 0 Å². The summed E-state index contributed by atoms with van der Waals surface area (Å²) in [7, 11) is 0. The summed E-state index contributed by atoms with van der Waals surface area (Å²) in [6, 6.07) is 12.1. The third-order valence-electron chi connectivity index (χ3n) is 3.50. The average Bonchev–Trinajstić information content (AvgIpc) is 2.74. The van der Waals surface area contributed by atoms with Crippen LogP contribution in [0.15, 0.2) is 53.6 Å². The van der Waals surface area contributed by atoms with Crippen molar-refractivity contribution in [2.24, 2.45) is 0 Å². The van der Waals surface area contributed by atoms with Gasteiger partial charge >= 0.3 is 0 Å². The van der Waals surface area contributed by atoms with Gasteiger partial charge in [-0.05, 0) is 35.4 Å². The zero-order valence-electron chi connectivity index (χ0n) is 11.7. The van der Waals surface area contributed by atoms with E-state index in [0.29, 0.717) is 16.1 Å². The van der Waals surface area contributed by atoms with Crippen LogP contribution in [0.25, 0.3) is 5.57 Å². The number of rotatable bonds is 3. The van der Waals surface area contributed by atoms with Gasteiger partial charge in [0.05, 0.1) is 12.1 Å². The maximum atomic E-state index is 12.9. The lowest BCUT2D eigenvalue weighted by Gasteiger charge is -2.14. The topological polar surface area (TPSA) is 37.4 Å². The first-order chi connectivity index (χ1) is 11.0. The van der Waals surface area contributed by atoms with Crippen molar-refractivity contribution in [1.82, 2.24) is 4.90 Å². The molecule has 0 N–H and O–H groups in total. The van der Waals surface area contributed by atoms with Gasteiger partial charge in [-0.25, -0.2) is 4.39 Å². The van der Waals surface area contributed by atoms with E-state index in [-0.39, 0.29) is 23.0 Å². The Morgan fingerprint density at radius 1 is 0.870 bits per heavy atom. The van der Waals surface area contributed by atoms with E-state index in [1.54, 1.807) is 24.3 Å². The molecule has 1 aliphatic rings. The molecule has 0 saturated carbocycles. The first-order valence-electron chi connectivity index (χ1n) is 6.73. The number of nitrogens with zero attached hydrogens (tertiary/aromatic N) is 1. The maximum absolute atomic E-state index is 12.9. The molecule has 116 valence electrons. The van der Waals surface area contributed by atoms with Gasteiger partial charge in [-0.3, -0.25) is 14.5 Å². The highest BCUT2D eigenvalue weighted by Gasteiger charge is 2.38. The van der Waals surface area contributed by atoms with E-state index in [9.17, 15) is 14.0 Å². The summed E-state index contributed by atoms with van der Waals surface area (Å²) in [5, 5.41) is 0.393. The minimum absolute atomic E-state index is 0.0330. The second kappa shape index (κ2) is 6.14. The lowest BCUT2D eigenvalue weighted by molar-refractivity contribution is -0.137. The molecule has 0 unspecified atom stereocenters. The van der Waals surface area contributed by atoms with Crippen LogP contribution in [0.1, 0.15) is 11.1 Å². The molecule has 1 aliphatic heterocycles. The molecule has 0 aliphatic carbocycles. The van der Waals surface area contributed by atoms with Crippen LogP contribution in [0.3, 0.4) is 0 Å². The quantitative estimate of drug-likeness (QED) is 0.785. The smallest absolute Gasteiger partial charge is 0.269 e. The summed E-state index contributed by atoms with van der Waals surface area (Å²) in [5.41, 5.74) is 1.31. The van der Waals surface area contributed by atoms with E-state index in [4.69, 9.17) is 23.2 Å². The van der Waals surface area contributed by atoms with Crippen molar-refractivity contribution in [2.75, 3.05) is 0 Å². The molecule has 0 radical (unpaired) electrons. The van der Waals surface area contributed by atoms with Gasteiger partial charge in [0.15, 0.2) is 0 Å². The van der Waals surface area contributed by atoms with Gasteiger partial charge in [-0.2, -0.15) is 0 Å². The molecule has 2 aromatic rings. The van der Waals surface area contributed by atoms with Crippen LogP contribution in [-0.4, -0.2) is 16.7 Å². The minimum atomic E-state index is -0.564. The second-order valence-electron chi connectivity index (χ2n) is 5.02. The van der Waals surface area contributed by atoms with Crippen molar-refractivity contribution in [3.63, 3.8) is 0 Å². The van der Waals surface area contributed by atoms with Crippen LogP contribution < -0.4 is 0 Å². The molecule has 0 aromatic heterocycles. The summed E-state index contributed by atoms with van der Waals surface area (Å²) in [6.07, 6.45) is 0. The Morgan fingerprint density at radius 3 is 2.09 bits per heavy atom. The standard InChI is InChI=1S/C17H10Cl2FNO2/c18-12-5-3-11(4-6-12)14-15(19)17(23)21(16(14)22)9-10-1-7-13(20)8-2-10/h1-8H,9H2. The number of carbonyl (C=O) groups excluding carboxylic acids is 2. The predicted octanol–water partition coefficient (Wildman–Crippen LogP) is 4.00. The highest BCUT2D eigenvalue weighted by atomic mass is 35.5. The van der Waals surface area contributed by atoms with Crippen LogP contribution in [0.4, 0.5) is 4.39 Å². The zero-order chi connectivity index (χ0) is 16.6. The van der Waals surface area contributed by atoms with E-state index in [1.165, 1.54) is 24.3 Å². The first-order valence-corrected chi connectivity index (χ1v) is 7.49. The molecule has 1 heterocycles. The SMILES string of the molecule is O=C1C(Cl)=C(c2ccc(Cl)cc2)C(=O)N1Cc1ccc(F)cc1. The molecular formula is C17H10Cl2FNO2. The molecule has 6 heteroatoms. The third-order valence-corrected chi connectivity index (χ3v) is 4.10. The van der Waals surface area contributed by atoms with Crippen molar-refractivity contribution in [2.45, 2.75) is 6.54 Å². The number of benzene rings is 2. The van der Waals surface area contributed by atoms with Crippen LogP contribution in [0, 0.1) is 5.82 Å². The summed E-state index contributed by atoms with van der Waals surface area (Å²) in [4.78, 5) is 25.8. The van der Waals surface area contributed by atoms with Crippen molar-refractivity contribution in [3.8, 4) is 0 Å². The minimum Gasteiger partial charge on any atom is -0.269 e. The molecule has 3 nitrogen and oxygen atoms in total. The summed E-state index contributed by atoms with van der Waals surface area (Å²) in [5.74, 6) is -1.43. The number of hydrogen-bond donors (Lipinski definition) is 0. The Hall–Kier alpha value is -2.17. The Balaban J connectivity index is 1.89. The lowest BCUT2D eigenvalue weighted by atomic mass is 10.1. The number of halogens is 3. The fourth-order valence-corrected chi connectivity index (χ4v) is 2.75. The van der Waals surface area contributed by atoms with Crippen molar-refractivity contribution < 1.29 is 14.0 Å². The van der Waals surface area contributed by atoms with Crippen molar-refractivity contribution in [1.29, 1.82) is 0 Å². The number of hydrogen-bond acceptors (Lipinski definition) is 2. The number of amides is 2. The Morgan fingerprint density at radius 2 is 1.48 bits per heavy atom. The predicted molar refractivity (Wildman–Crippen MR) is 86.2 cm³/mol. The van der Waals surface area contributed by atoms with Gasteiger partial charge < -0.3 is 0 Å². The summed E-state index contributed by atoms with van der Waals surface area (Å²) in [6.45, 7) is 0.0330. The van der Waals surface area contributed by atoms with Crippen LogP contribution in [0.2, 0.25) is 5.02 Å². The second-order valence-corrected chi connectivity index (χ2v) is 5.83. The van der Waals surface area contributed by atoms with E-state index in [1.807, 2.05) is 0 Å². The molecule has 2 amide bonds. The highest BCUT2D eigenvalue weighted by molar-refractivity contribution is 6.55. The van der Waals surface area contributed by atoms with Gasteiger partial charge in [0.2, 0.25) is 0 Å². The number of carbonyl (C=O) groups is 2. The van der Waals surface area contributed by atoms with Crippen LogP contribution in [-0.2, 0) is 16.1 Å². The average molecular weight is 350 g/mol. The fraction of sp³-hybridized carbons (Fsp3) is 0.0588. The Labute approximate surface area is 141 Å². The van der Waals surface area contributed by atoms with E-state index < -0.39 is 11.8 Å². The zero-order valence-corrected chi connectivity index (χ0v) is 13.2. The van der Waals surface area contributed by atoms with E-state index in [0.717, 1.165) is 4.90 Å². The largest absolute Gasteiger partial charge is 0.273 e. The molecule has 3 rings (SSSR count). The highest BCUT2D eigenvalue weighted by Crippen LogP contribution is 2.33. The Bertz CT molecular complexity index is 813. The third kappa shape index (κ3) is 3.00. The van der Waals surface area contributed by atoms with Crippen molar-refractivity contribution in [3.05, 3.63) is 75.5 Å². The first kappa shape index (κ1) is 15.7. The molecule has 2 aromatic carbocycles. The molecule has 23 heavy (non-hydrogen) atoms. The normalized spacial score (nSPS) is 14.8.